The van der Waals surface area contributed by atoms with Crippen LogP contribution in [0, 0.1) is 0 Å². The molecule has 0 saturated carbocycles. The van der Waals surface area contributed by atoms with Crippen LogP contribution in [-0.2, 0) is 19.5 Å². The maximum Gasteiger partial charge on any atom is 0.254 e. The second kappa shape index (κ2) is 8.47. The summed E-state index contributed by atoms with van der Waals surface area (Å²) in [5, 5.41) is 0. The van der Waals surface area contributed by atoms with Crippen LogP contribution in [0.2, 0.25) is 0 Å². The minimum absolute atomic E-state index is 0.0679. The van der Waals surface area contributed by atoms with Gasteiger partial charge in [0.2, 0.25) is 10.0 Å². The Morgan fingerprint density at radius 1 is 1.23 bits per heavy atom. The molecule has 0 radical (unpaired) electrons. The van der Waals surface area contributed by atoms with E-state index in [-0.39, 0.29) is 16.9 Å². The summed E-state index contributed by atoms with van der Waals surface area (Å²) in [6.45, 7) is 3.07. The molecule has 0 unspecified atom stereocenters. The molecule has 0 aliphatic carbocycles. The van der Waals surface area contributed by atoms with E-state index in [0.29, 0.717) is 45.0 Å². The predicted octanol–water partition coefficient (Wildman–Crippen LogP) is 1.35. The average Bonchev–Trinajstić information content (AvgIpc) is 2.69. The number of likely N-dealkylation sites (N-methyl/N-ethyl adjacent to an activating group) is 1. The highest BCUT2D eigenvalue weighted by Crippen LogP contribution is 2.20. The van der Waals surface area contributed by atoms with Crippen molar-refractivity contribution in [1.82, 2.24) is 9.21 Å². The third-order valence-corrected chi connectivity index (χ3v) is 6.64. The lowest BCUT2D eigenvalue weighted by Gasteiger charge is -2.28. The molecule has 2 heterocycles. The molecule has 0 bridgehead atoms. The maximum atomic E-state index is 12.9. The van der Waals surface area contributed by atoms with Crippen molar-refractivity contribution >= 4 is 15.9 Å². The van der Waals surface area contributed by atoms with Gasteiger partial charge in [-0.05, 0) is 37.5 Å². The SMILES string of the molecule is CN(C[C@@H]1CCCCO1)S(=O)(=O)c1cccc(C(=O)N2CCOCC2)c1. The van der Waals surface area contributed by atoms with Crippen molar-refractivity contribution in [3.8, 4) is 0 Å². The van der Waals surface area contributed by atoms with Gasteiger partial charge in [0, 0.05) is 38.9 Å². The lowest BCUT2D eigenvalue weighted by atomic mass is 10.1. The Labute approximate surface area is 154 Å². The number of amides is 1. The van der Waals surface area contributed by atoms with Crippen LogP contribution in [0.5, 0.6) is 0 Å². The summed E-state index contributed by atoms with van der Waals surface area (Å²) in [7, 11) is -2.11. The number of nitrogens with zero attached hydrogens (tertiary/aromatic N) is 2. The minimum atomic E-state index is -3.67. The van der Waals surface area contributed by atoms with E-state index >= 15 is 0 Å². The molecule has 3 rings (SSSR count). The highest BCUT2D eigenvalue weighted by molar-refractivity contribution is 7.89. The molecule has 26 heavy (non-hydrogen) atoms. The zero-order valence-electron chi connectivity index (χ0n) is 15.1. The third kappa shape index (κ3) is 4.43. The zero-order chi connectivity index (χ0) is 18.6. The quantitative estimate of drug-likeness (QED) is 0.768. The zero-order valence-corrected chi connectivity index (χ0v) is 15.9. The molecule has 8 heteroatoms. The normalized spacial score (nSPS) is 21.8. The Balaban J connectivity index is 1.73. The van der Waals surface area contributed by atoms with E-state index < -0.39 is 10.0 Å². The first-order valence-corrected chi connectivity index (χ1v) is 10.5. The third-order valence-electron chi connectivity index (χ3n) is 4.82. The Hall–Kier alpha value is -1.48. The Morgan fingerprint density at radius 2 is 2.00 bits per heavy atom. The fraction of sp³-hybridized carbons (Fsp3) is 0.611. The lowest BCUT2D eigenvalue weighted by Crippen LogP contribution is -2.40. The molecule has 144 valence electrons. The van der Waals surface area contributed by atoms with Crippen molar-refractivity contribution in [2.45, 2.75) is 30.3 Å². The highest BCUT2D eigenvalue weighted by atomic mass is 32.2. The van der Waals surface area contributed by atoms with Gasteiger partial charge in [-0.15, -0.1) is 0 Å². The number of rotatable bonds is 5. The first-order valence-electron chi connectivity index (χ1n) is 9.03. The van der Waals surface area contributed by atoms with Crippen molar-refractivity contribution in [2.75, 3.05) is 46.5 Å². The van der Waals surface area contributed by atoms with E-state index in [0.717, 1.165) is 19.3 Å². The number of sulfonamides is 1. The molecule has 2 saturated heterocycles. The fourth-order valence-corrected chi connectivity index (χ4v) is 4.50. The molecule has 1 atom stereocenters. The van der Waals surface area contributed by atoms with Gasteiger partial charge >= 0.3 is 0 Å². The van der Waals surface area contributed by atoms with Crippen molar-refractivity contribution in [3.05, 3.63) is 29.8 Å². The number of morpholine rings is 1. The largest absolute Gasteiger partial charge is 0.378 e. The molecule has 2 fully saturated rings. The Kier molecular flexibility index (Phi) is 6.29. The van der Waals surface area contributed by atoms with E-state index in [1.165, 1.54) is 16.4 Å². The standard InChI is InChI=1S/C18H26N2O5S/c1-19(14-16-6-2-3-10-25-16)26(22,23)17-7-4-5-15(13-17)18(21)20-8-11-24-12-9-20/h4-5,7,13,16H,2-3,6,8-12,14H2,1H3/t16-/m0/s1. The van der Waals surface area contributed by atoms with Crippen LogP contribution in [0.1, 0.15) is 29.6 Å². The van der Waals surface area contributed by atoms with Crippen LogP contribution < -0.4 is 0 Å². The number of benzene rings is 1. The van der Waals surface area contributed by atoms with E-state index in [1.807, 2.05) is 0 Å². The van der Waals surface area contributed by atoms with Gasteiger partial charge in [0.05, 0.1) is 24.2 Å². The summed E-state index contributed by atoms with van der Waals surface area (Å²) in [6, 6.07) is 6.27. The predicted molar refractivity (Wildman–Crippen MR) is 96.6 cm³/mol. The Morgan fingerprint density at radius 3 is 2.69 bits per heavy atom. The summed E-state index contributed by atoms with van der Waals surface area (Å²) in [5.41, 5.74) is 0.385. The van der Waals surface area contributed by atoms with E-state index in [4.69, 9.17) is 9.47 Å². The van der Waals surface area contributed by atoms with Crippen LogP contribution in [-0.4, -0.2) is 76.1 Å². The van der Waals surface area contributed by atoms with E-state index in [2.05, 4.69) is 0 Å². The van der Waals surface area contributed by atoms with Gasteiger partial charge in [-0.1, -0.05) is 6.07 Å². The van der Waals surface area contributed by atoms with Gasteiger partial charge in [-0.2, -0.15) is 4.31 Å². The number of hydrogen-bond donors (Lipinski definition) is 0. The molecule has 0 spiro atoms. The van der Waals surface area contributed by atoms with Crippen LogP contribution in [0.15, 0.2) is 29.2 Å². The Bertz CT molecular complexity index is 725. The van der Waals surface area contributed by atoms with E-state index in [1.54, 1.807) is 24.1 Å². The van der Waals surface area contributed by atoms with Gasteiger partial charge in [-0.3, -0.25) is 4.79 Å². The highest BCUT2D eigenvalue weighted by Gasteiger charge is 2.27. The number of carbonyl (C=O) groups excluding carboxylic acids is 1. The average molecular weight is 382 g/mol. The van der Waals surface area contributed by atoms with Crippen LogP contribution in [0.4, 0.5) is 0 Å². The number of carbonyl (C=O) groups is 1. The first kappa shape index (κ1) is 19.3. The topological polar surface area (TPSA) is 76.2 Å². The fourth-order valence-electron chi connectivity index (χ4n) is 3.25. The van der Waals surface area contributed by atoms with Crippen molar-refractivity contribution in [2.24, 2.45) is 0 Å². The number of ether oxygens (including phenoxy) is 2. The molecular weight excluding hydrogens is 356 g/mol. The molecule has 1 amide bonds. The molecule has 7 nitrogen and oxygen atoms in total. The van der Waals surface area contributed by atoms with Crippen molar-refractivity contribution in [3.63, 3.8) is 0 Å². The van der Waals surface area contributed by atoms with Crippen LogP contribution >= 0.6 is 0 Å². The second-order valence-electron chi connectivity index (χ2n) is 6.71. The first-order chi connectivity index (χ1) is 12.5. The van der Waals surface area contributed by atoms with Crippen LogP contribution in [0.3, 0.4) is 0 Å². The van der Waals surface area contributed by atoms with Crippen molar-refractivity contribution in [1.29, 1.82) is 0 Å². The maximum absolute atomic E-state index is 12.9. The molecule has 1 aromatic rings. The molecule has 2 aliphatic rings. The molecule has 0 aromatic heterocycles. The van der Waals surface area contributed by atoms with Gasteiger partial charge in [0.1, 0.15) is 0 Å². The summed E-state index contributed by atoms with van der Waals surface area (Å²) < 4.78 is 38.0. The van der Waals surface area contributed by atoms with Crippen LogP contribution in [0.25, 0.3) is 0 Å². The minimum Gasteiger partial charge on any atom is -0.378 e. The summed E-state index contributed by atoms with van der Waals surface area (Å²) >= 11 is 0. The summed E-state index contributed by atoms with van der Waals surface area (Å²) in [4.78, 5) is 14.4. The summed E-state index contributed by atoms with van der Waals surface area (Å²) in [5.74, 6) is -0.163. The monoisotopic (exact) mass is 382 g/mol. The second-order valence-corrected chi connectivity index (χ2v) is 8.75. The molecule has 1 aromatic carbocycles. The lowest BCUT2D eigenvalue weighted by molar-refractivity contribution is 0.00858. The number of hydrogen-bond acceptors (Lipinski definition) is 5. The molecule has 2 aliphatic heterocycles. The van der Waals surface area contributed by atoms with Gasteiger partial charge < -0.3 is 14.4 Å². The molecular formula is C18H26N2O5S. The van der Waals surface area contributed by atoms with Gasteiger partial charge in [0.15, 0.2) is 0 Å². The van der Waals surface area contributed by atoms with Gasteiger partial charge in [0.25, 0.3) is 5.91 Å². The summed E-state index contributed by atoms with van der Waals surface area (Å²) in [6.07, 6.45) is 2.89. The van der Waals surface area contributed by atoms with Crippen molar-refractivity contribution < 1.29 is 22.7 Å². The van der Waals surface area contributed by atoms with Gasteiger partial charge in [-0.25, -0.2) is 8.42 Å². The van der Waals surface area contributed by atoms with E-state index in [9.17, 15) is 13.2 Å². The smallest absolute Gasteiger partial charge is 0.254 e. The molecule has 0 N–H and O–H groups in total.